The summed E-state index contributed by atoms with van der Waals surface area (Å²) in [5.74, 6) is 1.10. The molecule has 4 heteroatoms. The summed E-state index contributed by atoms with van der Waals surface area (Å²) in [4.78, 5) is 8.26. The Balaban J connectivity index is 1.74. The van der Waals surface area contributed by atoms with Gasteiger partial charge in [0.25, 0.3) is 0 Å². The van der Waals surface area contributed by atoms with Gasteiger partial charge in [0.15, 0.2) is 0 Å². The van der Waals surface area contributed by atoms with Crippen molar-refractivity contribution in [3.8, 4) is 0 Å². The molecule has 0 spiro atoms. The van der Waals surface area contributed by atoms with E-state index in [2.05, 4.69) is 15.3 Å². The van der Waals surface area contributed by atoms with E-state index in [9.17, 15) is 5.11 Å². The van der Waals surface area contributed by atoms with E-state index < -0.39 is 0 Å². The van der Waals surface area contributed by atoms with Gasteiger partial charge in [0.1, 0.15) is 0 Å². The quantitative estimate of drug-likeness (QED) is 0.809. The summed E-state index contributed by atoms with van der Waals surface area (Å²) in [7, 11) is 0. The predicted molar refractivity (Wildman–Crippen MR) is 66.3 cm³/mol. The Kier molecular flexibility index (Phi) is 4.88. The van der Waals surface area contributed by atoms with Crippen molar-refractivity contribution in [1.29, 1.82) is 0 Å². The van der Waals surface area contributed by atoms with Gasteiger partial charge in [-0.05, 0) is 31.2 Å². The number of hydrogen-bond donors (Lipinski definition) is 2. The third-order valence-electron chi connectivity index (χ3n) is 3.63. The van der Waals surface area contributed by atoms with Crippen molar-refractivity contribution in [2.45, 2.75) is 32.2 Å². The number of hydrogen-bond acceptors (Lipinski definition) is 4. The smallest absolute Gasteiger partial charge is 0.0724 e. The molecule has 17 heavy (non-hydrogen) atoms. The Morgan fingerprint density at radius 2 is 2.06 bits per heavy atom. The molecule has 0 bridgehead atoms. The molecule has 2 rings (SSSR count). The van der Waals surface area contributed by atoms with Gasteiger partial charge < -0.3 is 10.4 Å². The highest BCUT2D eigenvalue weighted by Crippen LogP contribution is 2.29. The first-order chi connectivity index (χ1) is 8.40. The fraction of sp³-hybridized carbons (Fsp3) is 0.692. The summed E-state index contributed by atoms with van der Waals surface area (Å²) in [5, 5.41) is 12.7. The van der Waals surface area contributed by atoms with Crippen molar-refractivity contribution in [2.24, 2.45) is 11.8 Å². The van der Waals surface area contributed by atoms with Gasteiger partial charge in [-0.15, -0.1) is 0 Å². The van der Waals surface area contributed by atoms with E-state index in [4.69, 9.17) is 0 Å². The Morgan fingerprint density at radius 3 is 2.76 bits per heavy atom. The zero-order valence-corrected chi connectivity index (χ0v) is 10.2. The van der Waals surface area contributed by atoms with E-state index in [0.29, 0.717) is 18.4 Å². The number of nitrogens with one attached hydrogen (secondary N) is 1. The third kappa shape index (κ3) is 3.75. The maximum Gasteiger partial charge on any atom is 0.0724 e. The summed E-state index contributed by atoms with van der Waals surface area (Å²) in [6.07, 6.45) is 10.2. The SMILES string of the molecule is OCC1CCCCC1CNCc1cnccn1. The van der Waals surface area contributed by atoms with E-state index in [0.717, 1.165) is 18.8 Å². The molecule has 0 saturated heterocycles. The fourth-order valence-electron chi connectivity index (χ4n) is 2.60. The molecule has 1 heterocycles. The molecule has 1 aromatic heterocycles. The van der Waals surface area contributed by atoms with Crippen molar-refractivity contribution in [3.63, 3.8) is 0 Å². The highest BCUT2D eigenvalue weighted by molar-refractivity contribution is 4.93. The normalized spacial score (nSPS) is 24.8. The molecule has 2 atom stereocenters. The van der Waals surface area contributed by atoms with Crippen molar-refractivity contribution in [2.75, 3.05) is 13.2 Å². The summed E-state index contributed by atoms with van der Waals surface area (Å²) >= 11 is 0. The maximum atomic E-state index is 9.33. The molecular formula is C13H21N3O. The zero-order chi connectivity index (χ0) is 11.9. The highest BCUT2D eigenvalue weighted by Gasteiger charge is 2.23. The van der Waals surface area contributed by atoms with Gasteiger partial charge in [-0.2, -0.15) is 0 Å². The standard InChI is InChI=1S/C13H21N3O/c17-10-12-4-2-1-3-11(12)7-15-9-13-8-14-5-6-16-13/h5-6,8,11-12,15,17H,1-4,7,9-10H2. The fourth-order valence-corrected chi connectivity index (χ4v) is 2.60. The Morgan fingerprint density at radius 1 is 1.24 bits per heavy atom. The first-order valence-electron chi connectivity index (χ1n) is 6.46. The van der Waals surface area contributed by atoms with Gasteiger partial charge in [0.05, 0.1) is 5.69 Å². The molecule has 2 unspecified atom stereocenters. The van der Waals surface area contributed by atoms with Crippen LogP contribution in [0.3, 0.4) is 0 Å². The van der Waals surface area contributed by atoms with Crippen LogP contribution in [0, 0.1) is 11.8 Å². The van der Waals surface area contributed by atoms with E-state index in [1.54, 1.807) is 18.6 Å². The molecule has 94 valence electrons. The van der Waals surface area contributed by atoms with Crippen LogP contribution in [0.15, 0.2) is 18.6 Å². The molecule has 0 radical (unpaired) electrons. The monoisotopic (exact) mass is 235 g/mol. The number of aromatic nitrogens is 2. The van der Waals surface area contributed by atoms with Crippen LogP contribution in [0.5, 0.6) is 0 Å². The summed E-state index contributed by atoms with van der Waals surface area (Å²) in [6, 6.07) is 0. The minimum Gasteiger partial charge on any atom is -0.396 e. The second-order valence-corrected chi connectivity index (χ2v) is 4.81. The molecule has 1 aliphatic carbocycles. The first-order valence-corrected chi connectivity index (χ1v) is 6.46. The third-order valence-corrected chi connectivity index (χ3v) is 3.63. The van der Waals surface area contributed by atoms with Gasteiger partial charge in [0.2, 0.25) is 0 Å². The molecular weight excluding hydrogens is 214 g/mol. The number of aliphatic hydroxyl groups is 1. The maximum absolute atomic E-state index is 9.33. The van der Waals surface area contributed by atoms with Crippen LogP contribution < -0.4 is 5.32 Å². The Hall–Kier alpha value is -1.00. The lowest BCUT2D eigenvalue weighted by Gasteiger charge is -2.30. The minimum absolute atomic E-state index is 0.331. The van der Waals surface area contributed by atoms with Gasteiger partial charge >= 0.3 is 0 Å². The lowest BCUT2D eigenvalue weighted by molar-refractivity contribution is 0.133. The largest absolute Gasteiger partial charge is 0.396 e. The van der Waals surface area contributed by atoms with Crippen LogP contribution in [0.1, 0.15) is 31.4 Å². The van der Waals surface area contributed by atoms with Crippen molar-refractivity contribution in [1.82, 2.24) is 15.3 Å². The molecule has 0 amide bonds. The number of aliphatic hydroxyl groups excluding tert-OH is 1. The molecule has 4 nitrogen and oxygen atoms in total. The van der Waals surface area contributed by atoms with Crippen LogP contribution in [0.2, 0.25) is 0 Å². The second-order valence-electron chi connectivity index (χ2n) is 4.81. The molecule has 1 aromatic rings. The number of rotatable bonds is 5. The lowest BCUT2D eigenvalue weighted by Crippen LogP contribution is -2.32. The second kappa shape index (κ2) is 6.67. The van der Waals surface area contributed by atoms with E-state index in [1.807, 2.05) is 0 Å². The van der Waals surface area contributed by atoms with Gasteiger partial charge in [-0.1, -0.05) is 12.8 Å². The van der Waals surface area contributed by atoms with Crippen LogP contribution in [0.25, 0.3) is 0 Å². The first kappa shape index (κ1) is 12.5. The molecule has 1 fully saturated rings. The Bertz CT molecular complexity index is 318. The highest BCUT2D eigenvalue weighted by atomic mass is 16.3. The van der Waals surface area contributed by atoms with Gasteiger partial charge in [-0.25, -0.2) is 0 Å². The molecule has 1 saturated carbocycles. The summed E-state index contributed by atoms with van der Waals surface area (Å²) in [6.45, 7) is 2.07. The average Bonchev–Trinajstić information content (AvgIpc) is 2.40. The average molecular weight is 235 g/mol. The van der Waals surface area contributed by atoms with E-state index in [1.165, 1.54) is 25.7 Å². The lowest BCUT2D eigenvalue weighted by atomic mass is 9.79. The van der Waals surface area contributed by atoms with Crippen molar-refractivity contribution >= 4 is 0 Å². The number of nitrogens with zero attached hydrogens (tertiary/aromatic N) is 2. The topological polar surface area (TPSA) is 58.0 Å². The van der Waals surface area contributed by atoms with E-state index >= 15 is 0 Å². The summed E-state index contributed by atoms with van der Waals surface area (Å²) < 4.78 is 0. The molecule has 2 N–H and O–H groups in total. The summed E-state index contributed by atoms with van der Waals surface area (Å²) in [5.41, 5.74) is 0.976. The van der Waals surface area contributed by atoms with Crippen LogP contribution >= 0.6 is 0 Å². The zero-order valence-electron chi connectivity index (χ0n) is 10.2. The Labute approximate surface area is 102 Å². The minimum atomic E-state index is 0.331. The molecule has 0 aromatic carbocycles. The van der Waals surface area contributed by atoms with Gasteiger partial charge in [0, 0.05) is 31.7 Å². The van der Waals surface area contributed by atoms with Crippen LogP contribution in [-0.4, -0.2) is 28.2 Å². The molecule has 1 aliphatic rings. The molecule has 0 aliphatic heterocycles. The van der Waals surface area contributed by atoms with Crippen LogP contribution in [0.4, 0.5) is 0 Å². The van der Waals surface area contributed by atoms with Crippen LogP contribution in [-0.2, 0) is 6.54 Å². The van der Waals surface area contributed by atoms with Crippen molar-refractivity contribution < 1.29 is 5.11 Å². The van der Waals surface area contributed by atoms with E-state index in [-0.39, 0.29) is 0 Å². The van der Waals surface area contributed by atoms with Gasteiger partial charge in [-0.3, -0.25) is 9.97 Å². The predicted octanol–water partition coefficient (Wildman–Crippen LogP) is 1.36. The van der Waals surface area contributed by atoms with Crippen molar-refractivity contribution in [3.05, 3.63) is 24.3 Å².